The number of unbranched alkanes of at least 4 members (excludes halogenated alkanes) is 2. The summed E-state index contributed by atoms with van der Waals surface area (Å²) < 4.78 is 5.43. The highest BCUT2D eigenvalue weighted by molar-refractivity contribution is 5.78. The van der Waals surface area contributed by atoms with Crippen LogP contribution in [0.1, 0.15) is 45.4 Å². The largest absolute Gasteiger partial charge is 0.372 e. The number of fused-ring (bicyclic) bond motifs is 1. The molecule has 1 heterocycles. The SMILES string of the molecule is CCCCCOCC(=O)N1CCCC2CC21. The van der Waals surface area contributed by atoms with Crippen molar-refractivity contribution in [2.24, 2.45) is 5.92 Å². The molecule has 0 N–H and O–H groups in total. The maximum atomic E-state index is 11.9. The van der Waals surface area contributed by atoms with Gasteiger partial charge in [0.25, 0.3) is 0 Å². The van der Waals surface area contributed by atoms with Crippen molar-refractivity contribution in [2.45, 2.75) is 51.5 Å². The van der Waals surface area contributed by atoms with E-state index in [4.69, 9.17) is 4.74 Å². The van der Waals surface area contributed by atoms with E-state index in [1.165, 1.54) is 32.1 Å². The zero-order valence-electron chi connectivity index (χ0n) is 10.3. The number of amides is 1. The smallest absolute Gasteiger partial charge is 0.248 e. The van der Waals surface area contributed by atoms with Gasteiger partial charge < -0.3 is 9.64 Å². The van der Waals surface area contributed by atoms with E-state index in [9.17, 15) is 4.79 Å². The molecule has 2 fully saturated rings. The summed E-state index contributed by atoms with van der Waals surface area (Å²) in [4.78, 5) is 13.9. The van der Waals surface area contributed by atoms with Gasteiger partial charge in [0.05, 0.1) is 0 Å². The molecule has 1 saturated carbocycles. The summed E-state index contributed by atoms with van der Waals surface area (Å²) in [6.45, 7) is 4.17. The van der Waals surface area contributed by atoms with Crippen molar-refractivity contribution in [3.05, 3.63) is 0 Å². The molecule has 2 aliphatic rings. The van der Waals surface area contributed by atoms with Crippen molar-refractivity contribution in [2.75, 3.05) is 19.8 Å². The van der Waals surface area contributed by atoms with E-state index in [0.717, 1.165) is 25.5 Å². The Bertz CT molecular complexity index is 242. The van der Waals surface area contributed by atoms with E-state index < -0.39 is 0 Å². The highest BCUT2D eigenvalue weighted by Gasteiger charge is 2.45. The highest BCUT2D eigenvalue weighted by atomic mass is 16.5. The van der Waals surface area contributed by atoms with Gasteiger partial charge in [0, 0.05) is 19.2 Å². The lowest BCUT2D eigenvalue weighted by atomic mass is 10.1. The van der Waals surface area contributed by atoms with E-state index >= 15 is 0 Å². The summed E-state index contributed by atoms with van der Waals surface area (Å²) in [5, 5.41) is 0. The number of carbonyl (C=O) groups excluding carboxylic acids is 1. The average molecular weight is 225 g/mol. The van der Waals surface area contributed by atoms with Crippen molar-refractivity contribution in [3.8, 4) is 0 Å². The van der Waals surface area contributed by atoms with Gasteiger partial charge >= 0.3 is 0 Å². The number of likely N-dealkylation sites (tertiary alicyclic amines) is 1. The third-order valence-electron chi connectivity index (χ3n) is 3.70. The fourth-order valence-corrected chi connectivity index (χ4v) is 2.62. The van der Waals surface area contributed by atoms with Gasteiger partial charge in [-0.2, -0.15) is 0 Å². The minimum atomic E-state index is 0.212. The predicted molar refractivity (Wildman–Crippen MR) is 63.2 cm³/mol. The van der Waals surface area contributed by atoms with Crippen LogP contribution in [0.4, 0.5) is 0 Å². The maximum Gasteiger partial charge on any atom is 0.248 e. The van der Waals surface area contributed by atoms with E-state index in [2.05, 4.69) is 6.92 Å². The summed E-state index contributed by atoms with van der Waals surface area (Å²) in [7, 11) is 0. The third-order valence-corrected chi connectivity index (χ3v) is 3.70. The molecule has 92 valence electrons. The van der Waals surface area contributed by atoms with Crippen LogP contribution in [0, 0.1) is 5.92 Å². The van der Waals surface area contributed by atoms with Gasteiger partial charge in [-0.05, 0) is 31.6 Å². The fourth-order valence-electron chi connectivity index (χ4n) is 2.62. The molecule has 0 radical (unpaired) electrons. The quantitative estimate of drug-likeness (QED) is 0.649. The van der Waals surface area contributed by atoms with Gasteiger partial charge in [-0.1, -0.05) is 19.8 Å². The molecule has 3 nitrogen and oxygen atoms in total. The predicted octanol–water partition coefficient (Wildman–Crippen LogP) is 2.20. The zero-order valence-corrected chi connectivity index (χ0v) is 10.3. The van der Waals surface area contributed by atoms with Crippen molar-refractivity contribution in [3.63, 3.8) is 0 Å². The normalized spacial score (nSPS) is 27.7. The summed E-state index contributed by atoms with van der Waals surface area (Å²) >= 11 is 0. The van der Waals surface area contributed by atoms with Crippen molar-refractivity contribution in [1.29, 1.82) is 0 Å². The van der Waals surface area contributed by atoms with Crippen molar-refractivity contribution >= 4 is 5.91 Å². The lowest BCUT2D eigenvalue weighted by Crippen LogP contribution is -2.39. The molecule has 1 saturated heterocycles. The number of hydrogen-bond acceptors (Lipinski definition) is 2. The monoisotopic (exact) mass is 225 g/mol. The zero-order chi connectivity index (χ0) is 11.4. The van der Waals surface area contributed by atoms with Gasteiger partial charge in [0.1, 0.15) is 6.61 Å². The first-order valence-corrected chi connectivity index (χ1v) is 6.70. The third kappa shape index (κ3) is 2.97. The molecular weight excluding hydrogens is 202 g/mol. The van der Waals surface area contributed by atoms with Gasteiger partial charge in [-0.25, -0.2) is 0 Å². The number of rotatable bonds is 6. The van der Waals surface area contributed by atoms with E-state index in [1.807, 2.05) is 4.90 Å². The summed E-state index contributed by atoms with van der Waals surface area (Å²) in [5.74, 6) is 1.03. The molecule has 3 heteroatoms. The van der Waals surface area contributed by atoms with Crippen molar-refractivity contribution in [1.82, 2.24) is 4.90 Å². The Hall–Kier alpha value is -0.570. The Morgan fingerprint density at radius 3 is 3.12 bits per heavy atom. The summed E-state index contributed by atoms with van der Waals surface area (Å²) in [6.07, 6.45) is 7.22. The molecule has 1 aliphatic heterocycles. The Morgan fingerprint density at radius 2 is 2.31 bits per heavy atom. The molecular formula is C13H23NO2. The van der Waals surface area contributed by atoms with Crippen LogP contribution in [0.25, 0.3) is 0 Å². The maximum absolute atomic E-state index is 11.9. The molecule has 16 heavy (non-hydrogen) atoms. The molecule has 1 aliphatic carbocycles. The second-order valence-corrected chi connectivity index (χ2v) is 5.05. The molecule has 0 aromatic rings. The van der Waals surface area contributed by atoms with Crippen LogP contribution in [0.15, 0.2) is 0 Å². The number of piperidine rings is 1. The van der Waals surface area contributed by atoms with Crippen LogP contribution < -0.4 is 0 Å². The van der Waals surface area contributed by atoms with Crippen LogP contribution in [-0.2, 0) is 9.53 Å². The molecule has 1 amide bonds. The van der Waals surface area contributed by atoms with Crippen LogP contribution >= 0.6 is 0 Å². The first-order valence-electron chi connectivity index (χ1n) is 6.70. The Morgan fingerprint density at radius 1 is 1.44 bits per heavy atom. The Labute approximate surface area is 98.1 Å². The summed E-state index contributed by atoms with van der Waals surface area (Å²) in [6, 6.07) is 0.570. The first-order chi connectivity index (χ1) is 7.83. The minimum absolute atomic E-state index is 0.212. The molecule has 2 unspecified atom stereocenters. The van der Waals surface area contributed by atoms with Gasteiger partial charge in [0.2, 0.25) is 5.91 Å². The molecule has 0 aromatic heterocycles. The van der Waals surface area contributed by atoms with E-state index in [-0.39, 0.29) is 5.91 Å². The minimum Gasteiger partial charge on any atom is -0.372 e. The number of nitrogens with zero attached hydrogens (tertiary/aromatic N) is 1. The molecule has 0 bridgehead atoms. The molecule has 2 atom stereocenters. The molecule has 0 aromatic carbocycles. The van der Waals surface area contributed by atoms with Gasteiger partial charge in [-0.3, -0.25) is 4.79 Å². The highest BCUT2D eigenvalue weighted by Crippen LogP contribution is 2.42. The summed E-state index contributed by atoms with van der Waals surface area (Å²) in [5.41, 5.74) is 0. The average Bonchev–Trinajstić information content (AvgIpc) is 3.07. The standard InChI is InChI=1S/C13H23NO2/c1-2-3-4-8-16-10-13(15)14-7-5-6-11-9-12(11)14/h11-12H,2-10H2,1H3. The second-order valence-electron chi connectivity index (χ2n) is 5.05. The van der Waals surface area contributed by atoms with E-state index in [1.54, 1.807) is 0 Å². The number of hydrogen-bond donors (Lipinski definition) is 0. The van der Waals surface area contributed by atoms with Gasteiger partial charge in [-0.15, -0.1) is 0 Å². The second kappa shape index (κ2) is 5.67. The van der Waals surface area contributed by atoms with E-state index in [0.29, 0.717) is 12.6 Å². The van der Waals surface area contributed by atoms with Crippen LogP contribution in [0.3, 0.4) is 0 Å². The number of ether oxygens (including phenoxy) is 1. The van der Waals surface area contributed by atoms with Crippen LogP contribution in [-0.4, -0.2) is 36.6 Å². The number of carbonyl (C=O) groups is 1. The lowest BCUT2D eigenvalue weighted by molar-refractivity contribution is -0.137. The van der Waals surface area contributed by atoms with Crippen LogP contribution in [0.5, 0.6) is 0 Å². The lowest BCUT2D eigenvalue weighted by Gasteiger charge is -2.26. The van der Waals surface area contributed by atoms with Gasteiger partial charge in [0.15, 0.2) is 0 Å². The Kier molecular flexibility index (Phi) is 4.22. The Balaban J connectivity index is 1.60. The first kappa shape index (κ1) is 11.9. The fraction of sp³-hybridized carbons (Fsp3) is 0.923. The molecule has 2 rings (SSSR count). The molecule has 0 spiro atoms. The topological polar surface area (TPSA) is 29.5 Å². The van der Waals surface area contributed by atoms with Crippen molar-refractivity contribution < 1.29 is 9.53 Å². The van der Waals surface area contributed by atoms with Crippen LogP contribution in [0.2, 0.25) is 0 Å².